The molecule has 2 rings (SSSR count). The maximum absolute atomic E-state index is 12.3. The van der Waals surface area contributed by atoms with Gasteiger partial charge in [0.2, 0.25) is 10.0 Å². The van der Waals surface area contributed by atoms with E-state index in [-0.39, 0.29) is 0 Å². The summed E-state index contributed by atoms with van der Waals surface area (Å²) in [6.45, 7) is 1.10. The molecule has 1 aromatic rings. The van der Waals surface area contributed by atoms with E-state index in [1.807, 2.05) is 19.2 Å². The zero-order chi connectivity index (χ0) is 13.7. The van der Waals surface area contributed by atoms with Gasteiger partial charge < -0.3 is 5.32 Å². The Balaban J connectivity index is 2.01. The molecule has 1 fully saturated rings. The average Bonchev–Trinajstić information content (AvgIpc) is 2.33. The van der Waals surface area contributed by atoms with E-state index in [4.69, 9.17) is 0 Å². The Morgan fingerprint density at radius 3 is 2.63 bits per heavy atom. The normalized spacial score (nSPS) is 16.3. The van der Waals surface area contributed by atoms with Crippen LogP contribution in [-0.2, 0) is 16.6 Å². The van der Waals surface area contributed by atoms with Crippen molar-refractivity contribution in [3.05, 3.63) is 29.8 Å². The van der Waals surface area contributed by atoms with Crippen molar-refractivity contribution in [3.8, 4) is 0 Å². The molecule has 0 amide bonds. The van der Waals surface area contributed by atoms with Crippen LogP contribution in [-0.4, -0.2) is 22.0 Å². The number of sulfonamides is 1. The Morgan fingerprint density at radius 1 is 1.26 bits per heavy atom. The highest BCUT2D eigenvalue weighted by molar-refractivity contribution is 7.89. The fourth-order valence-corrected chi connectivity index (χ4v) is 3.64. The summed E-state index contributed by atoms with van der Waals surface area (Å²) >= 11 is 0. The molecular weight excluding hydrogens is 260 g/mol. The van der Waals surface area contributed by atoms with E-state index < -0.39 is 10.0 Å². The maximum atomic E-state index is 12.3. The third-order valence-corrected chi connectivity index (χ3v) is 5.26. The van der Waals surface area contributed by atoms with Crippen molar-refractivity contribution in [2.24, 2.45) is 5.92 Å². The topological polar surface area (TPSA) is 58.2 Å². The lowest BCUT2D eigenvalue weighted by atomic mass is 9.83. The molecule has 5 heteroatoms. The molecule has 4 nitrogen and oxygen atoms in total. The first-order valence-electron chi connectivity index (χ1n) is 6.85. The summed E-state index contributed by atoms with van der Waals surface area (Å²) in [6, 6.07) is 7.13. The summed E-state index contributed by atoms with van der Waals surface area (Å²) in [6.07, 6.45) is 4.74. The lowest BCUT2D eigenvalue weighted by Crippen LogP contribution is -2.28. The van der Waals surface area contributed by atoms with Gasteiger partial charge in [-0.1, -0.05) is 37.5 Å². The zero-order valence-electron chi connectivity index (χ0n) is 11.4. The Bertz CT molecular complexity index is 510. The van der Waals surface area contributed by atoms with Gasteiger partial charge >= 0.3 is 0 Å². The smallest absolute Gasteiger partial charge is 0.240 e. The van der Waals surface area contributed by atoms with E-state index in [1.165, 1.54) is 19.3 Å². The number of hydrogen-bond donors (Lipinski definition) is 2. The van der Waals surface area contributed by atoms with Crippen molar-refractivity contribution in [1.29, 1.82) is 0 Å². The van der Waals surface area contributed by atoms with Gasteiger partial charge in [0.1, 0.15) is 0 Å². The first-order chi connectivity index (χ1) is 9.13. The lowest BCUT2D eigenvalue weighted by Gasteiger charge is -2.25. The molecule has 106 valence electrons. The van der Waals surface area contributed by atoms with Gasteiger partial charge in [-0.3, -0.25) is 0 Å². The van der Waals surface area contributed by atoms with Crippen molar-refractivity contribution in [1.82, 2.24) is 10.0 Å². The van der Waals surface area contributed by atoms with Crippen LogP contribution in [0.3, 0.4) is 0 Å². The molecule has 1 aliphatic carbocycles. The maximum Gasteiger partial charge on any atom is 0.240 e. The molecule has 0 heterocycles. The van der Waals surface area contributed by atoms with Gasteiger partial charge in [-0.05, 0) is 31.0 Å². The molecule has 2 N–H and O–H groups in total. The molecule has 1 saturated carbocycles. The monoisotopic (exact) mass is 282 g/mol. The third kappa shape index (κ3) is 3.78. The van der Waals surface area contributed by atoms with Gasteiger partial charge in [0.25, 0.3) is 0 Å². The Kier molecular flexibility index (Phi) is 4.96. The highest BCUT2D eigenvalue weighted by Gasteiger charge is 2.20. The van der Waals surface area contributed by atoms with E-state index in [2.05, 4.69) is 10.0 Å². The zero-order valence-corrected chi connectivity index (χ0v) is 12.2. The van der Waals surface area contributed by atoms with E-state index in [1.54, 1.807) is 12.1 Å². The molecule has 1 aliphatic rings. The van der Waals surface area contributed by atoms with E-state index in [0.717, 1.165) is 17.9 Å². The molecule has 0 unspecified atom stereocenters. The van der Waals surface area contributed by atoms with Gasteiger partial charge in [0.15, 0.2) is 0 Å². The molecular formula is C14H22N2O2S. The Morgan fingerprint density at radius 2 is 2.00 bits per heavy atom. The van der Waals surface area contributed by atoms with Crippen LogP contribution < -0.4 is 10.0 Å². The van der Waals surface area contributed by atoms with Crippen LogP contribution in [0.2, 0.25) is 0 Å². The quantitative estimate of drug-likeness (QED) is 0.803. The second-order valence-corrected chi connectivity index (χ2v) is 6.86. The van der Waals surface area contributed by atoms with Gasteiger partial charge in [0, 0.05) is 13.1 Å². The second-order valence-electron chi connectivity index (χ2n) is 5.12. The van der Waals surface area contributed by atoms with Crippen LogP contribution in [0.4, 0.5) is 0 Å². The summed E-state index contributed by atoms with van der Waals surface area (Å²) in [5.41, 5.74) is 0.807. The molecule has 19 heavy (non-hydrogen) atoms. The molecule has 0 aliphatic heterocycles. The SMILES string of the molecule is CNCc1ccccc1S(=O)(=O)NCCC1CCC1. The van der Waals surface area contributed by atoms with Crippen LogP contribution in [0.5, 0.6) is 0 Å². The summed E-state index contributed by atoms with van der Waals surface area (Å²) in [7, 11) is -1.57. The third-order valence-electron chi connectivity index (χ3n) is 3.70. The number of benzene rings is 1. The van der Waals surface area contributed by atoms with Crippen molar-refractivity contribution < 1.29 is 8.42 Å². The lowest BCUT2D eigenvalue weighted by molar-refractivity contribution is 0.297. The number of hydrogen-bond acceptors (Lipinski definition) is 3. The van der Waals surface area contributed by atoms with Crippen molar-refractivity contribution in [2.75, 3.05) is 13.6 Å². The molecule has 0 saturated heterocycles. The fraction of sp³-hybridized carbons (Fsp3) is 0.571. The minimum Gasteiger partial charge on any atom is -0.316 e. The predicted molar refractivity (Wildman–Crippen MR) is 76.4 cm³/mol. The second kappa shape index (κ2) is 6.50. The van der Waals surface area contributed by atoms with Crippen LogP contribution in [0.15, 0.2) is 29.2 Å². The number of rotatable bonds is 7. The van der Waals surface area contributed by atoms with Gasteiger partial charge in [-0.25, -0.2) is 13.1 Å². The number of nitrogens with one attached hydrogen (secondary N) is 2. The first kappa shape index (κ1) is 14.5. The summed E-state index contributed by atoms with van der Waals surface area (Å²) in [4.78, 5) is 0.387. The Labute approximate surface area is 115 Å². The molecule has 0 spiro atoms. The highest BCUT2D eigenvalue weighted by Crippen LogP contribution is 2.28. The average molecular weight is 282 g/mol. The van der Waals surface area contributed by atoms with Crippen LogP contribution in [0.25, 0.3) is 0 Å². The first-order valence-corrected chi connectivity index (χ1v) is 8.34. The largest absolute Gasteiger partial charge is 0.316 e. The van der Waals surface area contributed by atoms with E-state index >= 15 is 0 Å². The standard InChI is InChI=1S/C14H22N2O2S/c1-15-11-13-7-2-3-8-14(13)19(17,18)16-10-9-12-5-4-6-12/h2-3,7-8,12,15-16H,4-6,9-11H2,1H3. The van der Waals surface area contributed by atoms with Crippen molar-refractivity contribution >= 4 is 10.0 Å². The fourth-order valence-electron chi connectivity index (χ4n) is 2.36. The molecule has 0 radical (unpaired) electrons. The Hall–Kier alpha value is -0.910. The minimum absolute atomic E-state index is 0.387. The molecule has 1 aromatic carbocycles. The van der Waals surface area contributed by atoms with E-state index in [0.29, 0.717) is 18.0 Å². The van der Waals surface area contributed by atoms with Crippen LogP contribution >= 0.6 is 0 Å². The van der Waals surface area contributed by atoms with Crippen LogP contribution in [0.1, 0.15) is 31.2 Å². The highest BCUT2D eigenvalue weighted by atomic mass is 32.2. The van der Waals surface area contributed by atoms with Crippen molar-refractivity contribution in [3.63, 3.8) is 0 Å². The van der Waals surface area contributed by atoms with Crippen LogP contribution in [0, 0.1) is 5.92 Å². The van der Waals surface area contributed by atoms with Crippen molar-refractivity contribution in [2.45, 2.75) is 37.1 Å². The van der Waals surface area contributed by atoms with Gasteiger partial charge in [-0.15, -0.1) is 0 Å². The summed E-state index contributed by atoms with van der Waals surface area (Å²) < 4.78 is 27.3. The van der Waals surface area contributed by atoms with Gasteiger partial charge in [-0.2, -0.15) is 0 Å². The predicted octanol–water partition coefficient (Wildman–Crippen LogP) is 1.87. The molecule has 0 aromatic heterocycles. The molecule has 0 bridgehead atoms. The summed E-state index contributed by atoms with van der Waals surface area (Å²) in [5, 5.41) is 3.00. The minimum atomic E-state index is -3.38. The van der Waals surface area contributed by atoms with E-state index in [9.17, 15) is 8.42 Å². The summed E-state index contributed by atoms with van der Waals surface area (Å²) in [5.74, 6) is 0.718. The molecule has 0 atom stereocenters. The van der Waals surface area contributed by atoms with Gasteiger partial charge in [0.05, 0.1) is 4.90 Å².